The largest absolute Gasteiger partial charge is 0.508 e. The molecule has 0 unspecified atom stereocenters. The van der Waals surface area contributed by atoms with E-state index in [-0.39, 0.29) is 18.0 Å². The summed E-state index contributed by atoms with van der Waals surface area (Å²) in [5.41, 5.74) is 0.723. The van der Waals surface area contributed by atoms with Gasteiger partial charge in [-0.05, 0) is 23.8 Å². The van der Waals surface area contributed by atoms with Crippen LogP contribution < -0.4 is 0 Å². The van der Waals surface area contributed by atoms with Crippen molar-refractivity contribution in [3.05, 3.63) is 42.0 Å². The molecule has 0 saturated heterocycles. The van der Waals surface area contributed by atoms with Gasteiger partial charge >= 0.3 is 0 Å². The first-order chi connectivity index (χ1) is 7.18. The predicted octanol–water partition coefficient (Wildman–Crippen LogP) is 2.68. The zero-order valence-corrected chi connectivity index (χ0v) is 8.53. The fourth-order valence-electron chi connectivity index (χ4n) is 1.76. The second-order valence-electron chi connectivity index (χ2n) is 3.66. The lowest BCUT2D eigenvalue weighted by atomic mass is 10.00. The zero-order chi connectivity index (χ0) is 10.8. The molecular formula is C13H12O2. The number of benzene rings is 2. The summed E-state index contributed by atoms with van der Waals surface area (Å²) in [7, 11) is 0. The van der Waals surface area contributed by atoms with Crippen LogP contribution in [0.5, 0.6) is 5.75 Å². The summed E-state index contributed by atoms with van der Waals surface area (Å²) in [4.78, 5) is 11.1. The number of carbonyl (C=O) groups excluding carboxylic acids is 1. The highest BCUT2D eigenvalue weighted by atomic mass is 16.3. The van der Waals surface area contributed by atoms with E-state index in [9.17, 15) is 9.90 Å². The molecule has 0 amide bonds. The number of phenolic OH excluding ortho intramolecular Hbond substituents is 1. The van der Waals surface area contributed by atoms with Crippen molar-refractivity contribution in [3.63, 3.8) is 0 Å². The summed E-state index contributed by atoms with van der Waals surface area (Å²) in [6, 6.07) is 11.2. The highest BCUT2D eigenvalue weighted by Gasteiger charge is 2.08. The van der Waals surface area contributed by atoms with Crippen molar-refractivity contribution in [1.29, 1.82) is 0 Å². The van der Waals surface area contributed by atoms with Crippen molar-refractivity contribution in [2.45, 2.75) is 13.3 Å². The van der Waals surface area contributed by atoms with E-state index in [0.717, 1.165) is 16.3 Å². The quantitative estimate of drug-likeness (QED) is 0.809. The van der Waals surface area contributed by atoms with E-state index in [0.29, 0.717) is 0 Å². The van der Waals surface area contributed by atoms with E-state index < -0.39 is 0 Å². The summed E-state index contributed by atoms with van der Waals surface area (Å²) in [5.74, 6) is 0.255. The number of ketones is 1. The van der Waals surface area contributed by atoms with Gasteiger partial charge in [-0.3, -0.25) is 4.79 Å². The Morgan fingerprint density at radius 2 is 1.93 bits per heavy atom. The summed E-state index contributed by atoms with van der Waals surface area (Å²) in [6.07, 6.45) is 0.285. The van der Waals surface area contributed by atoms with Gasteiger partial charge in [0.25, 0.3) is 0 Å². The lowest BCUT2D eigenvalue weighted by molar-refractivity contribution is -0.116. The third-order valence-electron chi connectivity index (χ3n) is 2.44. The number of phenols is 1. The third-order valence-corrected chi connectivity index (χ3v) is 2.44. The maximum atomic E-state index is 11.1. The number of carbonyl (C=O) groups is 1. The molecule has 0 bridgehead atoms. The Morgan fingerprint density at radius 3 is 2.67 bits per heavy atom. The minimum absolute atomic E-state index is 0.0571. The van der Waals surface area contributed by atoms with Gasteiger partial charge in [-0.1, -0.05) is 30.3 Å². The van der Waals surface area contributed by atoms with Crippen molar-refractivity contribution in [1.82, 2.24) is 0 Å². The van der Waals surface area contributed by atoms with E-state index in [4.69, 9.17) is 0 Å². The molecule has 0 aromatic heterocycles. The van der Waals surface area contributed by atoms with Crippen LogP contribution in [-0.4, -0.2) is 10.9 Å². The molecule has 0 heterocycles. The molecule has 2 aromatic carbocycles. The first-order valence-corrected chi connectivity index (χ1v) is 4.87. The molecular weight excluding hydrogens is 188 g/mol. The van der Waals surface area contributed by atoms with E-state index in [1.165, 1.54) is 6.92 Å². The smallest absolute Gasteiger partial charge is 0.134 e. The third kappa shape index (κ3) is 1.84. The normalized spacial score (nSPS) is 10.5. The monoisotopic (exact) mass is 200 g/mol. The van der Waals surface area contributed by atoms with Gasteiger partial charge < -0.3 is 5.11 Å². The van der Waals surface area contributed by atoms with Gasteiger partial charge in [-0.25, -0.2) is 0 Å². The number of Topliss-reactive ketones (excluding diaryl/α,β-unsaturated/α-hetero) is 1. The van der Waals surface area contributed by atoms with Crippen LogP contribution in [0.15, 0.2) is 36.4 Å². The molecule has 0 atom stereocenters. The second-order valence-corrected chi connectivity index (χ2v) is 3.66. The Hall–Kier alpha value is -1.83. The van der Waals surface area contributed by atoms with Gasteiger partial charge in [-0.15, -0.1) is 0 Å². The molecule has 0 spiro atoms. The van der Waals surface area contributed by atoms with Crippen molar-refractivity contribution in [3.8, 4) is 5.75 Å². The van der Waals surface area contributed by atoms with Gasteiger partial charge in [0.15, 0.2) is 0 Å². The number of hydrogen-bond donors (Lipinski definition) is 1. The summed E-state index contributed by atoms with van der Waals surface area (Å²) in [5, 5.41) is 11.7. The average Bonchev–Trinajstić information content (AvgIpc) is 2.22. The van der Waals surface area contributed by atoms with Gasteiger partial charge in [-0.2, -0.15) is 0 Å². The van der Waals surface area contributed by atoms with Crippen molar-refractivity contribution in [2.24, 2.45) is 0 Å². The van der Waals surface area contributed by atoms with Crippen LogP contribution in [0.25, 0.3) is 10.8 Å². The lowest BCUT2D eigenvalue weighted by Gasteiger charge is -2.07. The Kier molecular flexibility index (Phi) is 2.42. The SMILES string of the molecule is CC(=O)Cc1c(O)ccc2ccccc12. The Bertz CT molecular complexity index is 515. The molecule has 15 heavy (non-hydrogen) atoms. The predicted molar refractivity (Wildman–Crippen MR) is 60.0 cm³/mol. The van der Waals surface area contributed by atoms with E-state index in [2.05, 4.69) is 0 Å². The molecule has 1 N–H and O–H groups in total. The van der Waals surface area contributed by atoms with Crippen molar-refractivity contribution >= 4 is 16.6 Å². The summed E-state index contributed by atoms with van der Waals surface area (Å²) >= 11 is 0. The fraction of sp³-hybridized carbons (Fsp3) is 0.154. The molecule has 0 radical (unpaired) electrons. The van der Waals surface area contributed by atoms with E-state index in [1.807, 2.05) is 30.3 Å². The molecule has 2 rings (SSSR count). The van der Waals surface area contributed by atoms with Gasteiger partial charge in [0.05, 0.1) is 0 Å². The molecule has 0 aliphatic rings. The maximum Gasteiger partial charge on any atom is 0.134 e. The standard InChI is InChI=1S/C13H12O2/c1-9(14)8-12-11-5-3-2-4-10(11)6-7-13(12)15/h2-7,15H,8H2,1H3. The molecule has 0 fully saturated rings. The number of rotatable bonds is 2. The molecule has 0 aliphatic heterocycles. The lowest BCUT2D eigenvalue weighted by Crippen LogP contribution is -1.97. The summed E-state index contributed by atoms with van der Waals surface area (Å²) < 4.78 is 0. The first kappa shape index (κ1) is 9.71. The van der Waals surface area contributed by atoms with Gasteiger partial charge in [0.1, 0.15) is 11.5 Å². The highest BCUT2D eigenvalue weighted by Crippen LogP contribution is 2.27. The fourth-order valence-corrected chi connectivity index (χ4v) is 1.76. The Labute approximate surface area is 88.2 Å². The van der Waals surface area contributed by atoms with E-state index >= 15 is 0 Å². The maximum absolute atomic E-state index is 11.1. The van der Waals surface area contributed by atoms with Crippen molar-refractivity contribution in [2.75, 3.05) is 0 Å². The summed E-state index contributed by atoms with van der Waals surface area (Å²) in [6.45, 7) is 1.53. The van der Waals surface area contributed by atoms with E-state index in [1.54, 1.807) is 6.07 Å². The van der Waals surface area contributed by atoms with Crippen LogP contribution in [0.2, 0.25) is 0 Å². The number of fused-ring (bicyclic) bond motifs is 1. The van der Waals surface area contributed by atoms with Crippen LogP contribution in [0.1, 0.15) is 12.5 Å². The Balaban J connectivity index is 2.68. The van der Waals surface area contributed by atoms with Crippen LogP contribution in [0.3, 0.4) is 0 Å². The zero-order valence-electron chi connectivity index (χ0n) is 8.53. The van der Waals surface area contributed by atoms with Gasteiger partial charge in [0, 0.05) is 12.0 Å². The molecule has 0 aliphatic carbocycles. The van der Waals surface area contributed by atoms with Gasteiger partial charge in [0.2, 0.25) is 0 Å². The number of aromatic hydroxyl groups is 1. The average molecular weight is 200 g/mol. The highest BCUT2D eigenvalue weighted by molar-refractivity contribution is 5.92. The minimum Gasteiger partial charge on any atom is -0.508 e. The second kappa shape index (κ2) is 3.73. The minimum atomic E-state index is 0.0571. The molecule has 0 saturated carbocycles. The van der Waals surface area contributed by atoms with Crippen LogP contribution in [0, 0.1) is 0 Å². The topological polar surface area (TPSA) is 37.3 Å². The molecule has 2 nitrogen and oxygen atoms in total. The van der Waals surface area contributed by atoms with Crippen LogP contribution >= 0.6 is 0 Å². The first-order valence-electron chi connectivity index (χ1n) is 4.87. The molecule has 76 valence electrons. The molecule has 2 aromatic rings. The van der Waals surface area contributed by atoms with Crippen LogP contribution in [-0.2, 0) is 11.2 Å². The van der Waals surface area contributed by atoms with Crippen LogP contribution in [0.4, 0.5) is 0 Å². The number of hydrogen-bond acceptors (Lipinski definition) is 2. The van der Waals surface area contributed by atoms with Crippen molar-refractivity contribution < 1.29 is 9.90 Å². The Morgan fingerprint density at radius 1 is 1.20 bits per heavy atom. The molecule has 2 heteroatoms.